The Morgan fingerprint density at radius 1 is 1.39 bits per heavy atom. The van der Waals surface area contributed by atoms with Crippen LogP contribution < -0.4 is 0 Å². The summed E-state index contributed by atoms with van der Waals surface area (Å²) in [6.45, 7) is 5.77. The zero-order valence-electron chi connectivity index (χ0n) is 10.4. The van der Waals surface area contributed by atoms with E-state index in [2.05, 4.69) is 11.6 Å². The first-order chi connectivity index (χ1) is 8.50. The Kier molecular flexibility index (Phi) is 3.34. The molecule has 2 rings (SSSR count). The van der Waals surface area contributed by atoms with Gasteiger partial charge in [0.25, 0.3) is 0 Å². The van der Waals surface area contributed by atoms with Crippen LogP contribution in [0.15, 0.2) is 47.6 Å². The summed E-state index contributed by atoms with van der Waals surface area (Å²) >= 11 is 5.57. The molecule has 0 aliphatic heterocycles. The first-order valence-corrected chi connectivity index (χ1v) is 5.91. The van der Waals surface area contributed by atoms with Gasteiger partial charge in [-0.05, 0) is 36.2 Å². The maximum Gasteiger partial charge on any atom is 0.215 e. The van der Waals surface area contributed by atoms with Crippen LogP contribution in [0.1, 0.15) is 12.5 Å². The highest BCUT2D eigenvalue weighted by Crippen LogP contribution is 2.22. The van der Waals surface area contributed by atoms with E-state index in [0.717, 1.165) is 22.0 Å². The number of halogens is 1. The first kappa shape index (κ1) is 12.6. The summed E-state index contributed by atoms with van der Waals surface area (Å²) in [5, 5.41) is 8.16. The van der Waals surface area contributed by atoms with Crippen LogP contribution in [0.5, 0.6) is 0 Å². The zero-order valence-corrected chi connectivity index (χ0v) is 11.1. The number of rotatable bonds is 2. The van der Waals surface area contributed by atoms with Crippen LogP contribution in [0.2, 0.25) is 0 Å². The van der Waals surface area contributed by atoms with Crippen LogP contribution in [0.25, 0.3) is 10.9 Å². The predicted molar refractivity (Wildman–Crippen MR) is 77.8 cm³/mol. The maximum atomic E-state index is 7.31. The monoisotopic (exact) mass is 259 g/mol. The number of aliphatic imine (C=N–C) groups is 1. The van der Waals surface area contributed by atoms with Crippen LogP contribution in [0.4, 0.5) is 0 Å². The van der Waals surface area contributed by atoms with Gasteiger partial charge in [-0.25, -0.2) is 4.99 Å². The Hall–Kier alpha value is -1.87. The molecule has 0 aliphatic carbocycles. The van der Waals surface area contributed by atoms with Crippen molar-refractivity contribution in [1.82, 2.24) is 4.57 Å². The fraction of sp³-hybridized carbons (Fsp3) is 0.143. The van der Waals surface area contributed by atoms with Crippen molar-refractivity contribution in [3.8, 4) is 0 Å². The molecule has 3 nitrogen and oxygen atoms in total. The minimum absolute atomic E-state index is 0.235. The van der Waals surface area contributed by atoms with E-state index in [9.17, 15) is 0 Å². The molecule has 1 aromatic heterocycles. The Balaban J connectivity index is 2.72. The fourth-order valence-corrected chi connectivity index (χ4v) is 2.08. The molecule has 0 bridgehead atoms. The van der Waals surface area contributed by atoms with Gasteiger partial charge in [-0.1, -0.05) is 18.7 Å². The molecule has 18 heavy (non-hydrogen) atoms. The van der Waals surface area contributed by atoms with E-state index in [-0.39, 0.29) is 5.29 Å². The first-order valence-electron chi connectivity index (χ1n) is 5.53. The third-order valence-electron chi connectivity index (χ3n) is 2.80. The Labute approximate surface area is 111 Å². The molecule has 4 heteroatoms. The van der Waals surface area contributed by atoms with E-state index >= 15 is 0 Å². The SMILES string of the molecule is C=C(C)C(=NC(=N)Cl)c1cccc2c1ccn2C. The van der Waals surface area contributed by atoms with Crippen LogP contribution >= 0.6 is 11.6 Å². The molecule has 1 aromatic carbocycles. The molecule has 1 heterocycles. The molecule has 0 spiro atoms. The second kappa shape index (κ2) is 4.78. The fourth-order valence-electron chi connectivity index (χ4n) is 1.99. The molecule has 0 fully saturated rings. The van der Waals surface area contributed by atoms with Crippen molar-refractivity contribution in [3.63, 3.8) is 0 Å². The van der Waals surface area contributed by atoms with Crippen molar-refractivity contribution in [3.05, 3.63) is 48.2 Å². The molecule has 92 valence electrons. The minimum atomic E-state index is -0.235. The van der Waals surface area contributed by atoms with Gasteiger partial charge in [0.1, 0.15) is 0 Å². The lowest BCUT2D eigenvalue weighted by Crippen LogP contribution is -2.04. The number of aromatic nitrogens is 1. The van der Waals surface area contributed by atoms with E-state index < -0.39 is 0 Å². The molecule has 0 saturated carbocycles. The number of benzene rings is 1. The molecule has 2 aromatic rings. The van der Waals surface area contributed by atoms with Gasteiger partial charge in [0.15, 0.2) is 0 Å². The standard InChI is InChI=1S/C14H14ClN3/c1-9(2)13(17-14(15)16)11-5-4-6-12-10(11)7-8-18(12)3/h4-8,16H,1H2,2-3H3. The minimum Gasteiger partial charge on any atom is -0.351 e. The maximum absolute atomic E-state index is 7.31. The van der Waals surface area contributed by atoms with Gasteiger partial charge in [0.2, 0.25) is 5.29 Å². The second-order valence-electron chi connectivity index (χ2n) is 4.20. The average Bonchev–Trinajstić information content (AvgIpc) is 2.68. The van der Waals surface area contributed by atoms with Gasteiger partial charge in [-0.15, -0.1) is 0 Å². The van der Waals surface area contributed by atoms with Crippen LogP contribution in [0.3, 0.4) is 0 Å². The summed E-state index contributed by atoms with van der Waals surface area (Å²) in [4.78, 5) is 4.06. The Morgan fingerprint density at radius 2 is 2.11 bits per heavy atom. The number of hydrogen-bond donors (Lipinski definition) is 1. The molecule has 0 atom stereocenters. The quantitative estimate of drug-likeness (QED) is 0.485. The molecule has 0 aliphatic rings. The van der Waals surface area contributed by atoms with Crippen molar-refractivity contribution in [2.75, 3.05) is 0 Å². The van der Waals surface area contributed by atoms with Gasteiger partial charge in [-0.2, -0.15) is 0 Å². The summed E-state index contributed by atoms with van der Waals surface area (Å²) in [7, 11) is 1.99. The van der Waals surface area contributed by atoms with Crippen molar-refractivity contribution in [1.29, 1.82) is 5.41 Å². The molecular weight excluding hydrogens is 246 g/mol. The summed E-state index contributed by atoms with van der Waals surface area (Å²) in [5.41, 5.74) is 3.51. The van der Waals surface area contributed by atoms with Gasteiger partial charge < -0.3 is 4.57 Å². The summed E-state index contributed by atoms with van der Waals surface area (Å²) in [6.07, 6.45) is 2.00. The number of hydrogen-bond acceptors (Lipinski definition) is 1. The number of nitrogens with one attached hydrogen (secondary N) is 1. The van der Waals surface area contributed by atoms with E-state index in [1.165, 1.54) is 0 Å². The lowest BCUT2D eigenvalue weighted by molar-refractivity contribution is 0.969. The topological polar surface area (TPSA) is 41.1 Å². The summed E-state index contributed by atoms with van der Waals surface area (Å²) in [5.74, 6) is 0. The molecule has 0 saturated heterocycles. The third kappa shape index (κ3) is 2.22. The molecule has 0 radical (unpaired) electrons. The molecule has 0 unspecified atom stereocenters. The van der Waals surface area contributed by atoms with Gasteiger partial charge in [0, 0.05) is 29.7 Å². The van der Waals surface area contributed by atoms with Crippen molar-refractivity contribution >= 4 is 33.5 Å². The highest BCUT2D eigenvalue weighted by molar-refractivity contribution is 6.65. The van der Waals surface area contributed by atoms with Crippen molar-refractivity contribution < 1.29 is 0 Å². The molecule has 1 N–H and O–H groups in total. The third-order valence-corrected chi connectivity index (χ3v) is 2.88. The van der Waals surface area contributed by atoms with Crippen LogP contribution in [-0.2, 0) is 7.05 Å². The van der Waals surface area contributed by atoms with Crippen molar-refractivity contribution in [2.45, 2.75) is 6.92 Å². The van der Waals surface area contributed by atoms with Crippen LogP contribution in [-0.4, -0.2) is 15.6 Å². The lowest BCUT2D eigenvalue weighted by atomic mass is 10.0. The number of fused-ring (bicyclic) bond motifs is 1. The smallest absolute Gasteiger partial charge is 0.215 e. The van der Waals surface area contributed by atoms with E-state index in [1.807, 2.05) is 49.0 Å². The van der Waals surface area contributed by atoms with E-state index in [4.69, 9.17) is 17.0 Å². The Morgan fingerprint density at radius 3 is 2.72 bits per heavy atom. The van der Waals surface area contributed by atoms with E-state index in [0.29, 0.717) is 5.71 Å². The highest BCUT2D eigenvalue weighted by Gasteiger charge is 2.11. The van der Waals surface area contributed by atoms with Crippen molar-refractivity contribution in [2.24, 2.45) is 12.0 Å². The number of aryl methyl sites for hydroxylation is 1. The Bertz CT molecular complexity index is 665. The number of amidine groups is 1. The van der Waals surface area contributed by atoms with E-state index in [1.54, 1.807) is 0 Å². The second-order valence-corrected chi connectivity index (χ2v) is 4.55. The van der Waals surface area contributed by atoms with Crippen LogP contribution in [0, 0.1) is 5.41 Å². The number of nitrogens with zero attached hydrogens (tertiary/aromatic N) is 2. The van der Waals surface area contributed by atoms with Gasteiger partial charge in [-0.3, -0.25) is 5.41 Å². The van der Waals surface area contributed by atoms with Gasteiger partial charge >= 0.3 is 0 Å². The zero-order chi connectivity index (χ0) is 13.3. The lowest BCUT2D eigenvalue weighted by Gasteiger charge is -2.07. The molecule has 0 amide bonds. The number of allylic oxidation sites excluding steroid dienone is 1. The van der Waals surface area contributed by atoms with Gasteiger partial charge in [0.05, 0.1) is 5.71 Å². The normalized spacial score (nSPS) is 11.8. The summed E-state index contributed by atoms with van der Waals surface area (Å²) in [6, 6.07) is 8.01. The predicted octanol–water partition coefficient (Wildman–Crippen LogP) is 3.72. The highest BCUT2D eigenvalue weighted by atomic mass is 35.5. The molecular formula is C14H14ClN3. The summed E-state index contributed by atoms with van der Waals surface area (Å²) < 4.78 is 2.04. The average molecular weight is 260 g/mol. The largest absolute Gasteiger partial charge is 0.351 e.